The van der Waals surface area contributed by atoms with Crippen LogP contribution in [0.3, 0.4) is 0 Å². The molecule has 0 saturated carbocycles. The van der Waals surface area contributed by atoms with Gasteiger partial charge in [-0.25, -0.2) is 0 Å². The summed E-state index contributed by atoms with van der Waals surface area (Å²) in [6.07, 6.45) is 3.06. The molecule has 0 amide bonds. The van der Waals surface area contributed by atoms with Gasteiger partial charge in [0.25, 0.3) is 5.69 Å². The number of carbonyl (C=O) groups excluding carboxylic acids is 2. The normalized spacial score (nSPS) is 10.0. The van der Waals surface area contributed by atoms with E-state index in [0.29, 0.717) is 38.1 Å². The Balaban J connectivity index is 2.33. The predicted molar refractivity (Wildman–Crippen MR) is 79.1 cm³/mol. The van der Waals surface area contributed by atoms with Gasteiger partial charge in [-0.2, -0.15) is 0 Å². The van der Waals surface area contributed by atoms with Crippen molar-refractivity contribution in [2.45, 2.75) is 32.6 Å². The maximum absolute atomic E-state index is 11.1. The molecule has 7 heteroatoms. The molecule has 1 aromatic carbocycles. The molecule has 0 aliphatic carbocycles. The lowest BCUT2D eigenvalue weighted by Crippen LogP contribution is -2.04. The number of unbranched alkanes of at least 4 members (excludes halogenated alkanes) is 2. The van der Waals surface area contributed by atoms with Crippen molar-refractivity contribution >= 4 is 17.9 Å². The fourth-order valence-corrected chi connectivity index (χ4v) is 1.84. The molecule has 1 aromatic rings. The molecule has 120 valence electrons. The topological polar surface area (TPSA) is 95.7 Å². The molecule has 22 heavy (non-hydrogen) atoms. The van der Waals surface area contributed by atoms with Crippen molar-refractivity contribution in [2.24, 2.45) is 0 Å². The summed E-state index contributed by atoms with van der Waals surface area (Å²) in [5.74, 6) is 0.145. The summed E-state index contributed by atoms with van der Waals surface area (Å²) >= 11 is 0. The van der Waals surface area contributed by atoms with Crippen LogP contribution in [0.1, 0.15) is 43.0 Å². The molecule has 0 aliphatic rings. The minimum absolute atomic E-state index is 0.0202. The van der Waals surface area contributed by atoms with E-state index in [9.17, 15) is 19.7 Å². The Hall–Kier alpha value is -2.44. The number of carbonyl (C=O) groups is 2. The Labute approximate surface area is 128 Å². The summed E-state index contributed by atoms with van der Waals surface area (Å²) in [5, 5.41) is 10.8. The van der Waals surface area contributed by atoms with E-state index in [-0.39, 0.29) is 17.2 Å². The molecule has 0 aromatic heterocycles. The first-order valence-corrected chi connectivity index (χ1v) is 7.10. The lowest BCUT2D eigenvalue weighted by Gasteiger charge is -2.06. The number of aldehydes is 1. The first-order valence-electron chi connectivity index (χ1n) is 7.10. The fraction of sp³-hybridized carbons (Fsp3) is 0.467. The van der Waals surface area contributed by atoms with E-state index in [4.69, 9.17) is 9.47 Å². The first kappa shape index (κ1) is 17.6. The Morgan fingerprint density at radius 3 is 2.73 bits per heavy atom. The minimum Gasteiger partial charge on any atom is -0.493 e. The summed E-state index contributed by atoms with van der Waals surface area (Å²) in [7, 11) is 0. The highest BCUT2D eigenvalue weighted by molar-refractivity contribution is 5.81. The number of nitro benzene ring substituents is 1. The Morgan fingerprint density at radius 2 is 2.09 bits per heavy atom. The number of hydrogen-bond acceptors (Lipinski definition) is 6. The number of nitrogens with zero attached hydrogens (tertiary/aromatic N) is 1. The predicted octanol–water partition coefficient (Wildman–Crippen LogP) is 2.91. The van der Waals surface area contributed by atoms with Gasteiger partial charge in [0, 0.05) is 6.42 Å². The van der Waals surface area contributed by atoms with Gasteiger partial charge in [0.05, 0.1) is 29.8 Å². The average Bonchev–Trinajstić information content (AvgIpc) is 2.50. The SMILES string of the molecule is CCOC(=O)CCCCCOc1ccc(C=O)c([N+](=O)[O-])c1. The van der Waals surface area contributed by atoms with Crippen LogP contribution in [0.2, 0.25) is 0 Å². The maximum atomic E-state index is 11.1. The second-order valence-electron chi connectivity index (χ2n) is 4.56. The van der Waals surface area contributed by atoms with Gasteiger partial charge in [-0.1, -0.05) is 0 Å². The second kappa shape index (κ2) is 9.49. The molecule has 0 heterocycles. The highest BCUT2D eigenvalue weighted by Gasteiger charge is 2.14. The molecular formula is C15H19NO6. The molecule has 7 nitrogen and oxygen atoms in total. The largest absolute Gasteiger partial charge is 0.493 e. The van der Waals surface area contributed by atoms with Crippen molar-refractivity contribution in [1.82, 2.24) is 0 Å². The van der Waals surface area contributed by atoms with Crippen LogP contribution < -0.4 is 4.74 Å². The molecule has 0 radical (unpaired) electrons. The van der Waals surface area contributed by atoms with E-state index in [0.717, 1.165) is 12.8 Å². The van der Waals surface area contributed by atoms with Crippen molar-refractivity contribution in [3.05, 3.63) is 33.9 Å². The number of rotatable bonds is 10. The van der Waals surface area contributed by atoms with Gasteiger partial charge >= 0.3 is 5.97 Å². The Kier molecular flexibility index (Phi) is 7.60. The summed E-state index contributed by atoms with van der Waals surface area (Å²) in [4.78, 5) is 32.0. The lowest BCUT2D eigenvalue weighted by atomic mass is 10.2. The summed E-state index contributed by atoms with van der Waals surface area (Å²) in [6, 6.07) is 4.12. The number of esters is 1. The summed E-state index contributed by atoms with van der Waals surface area (Å²) < 4.78 is 10.2. The number of hydrogen-bond donors (Lipinski definition) is 0. The first-order chi connectivity index (χ1) is 10.6. The molecule has 0 bridgehead atoms. The molecule has 0 aliphatic heterocycles. The van der Waals surface area contributed by atoms with Gasteiger partial charge in [0.1, 0.15) is 5.75 Å². The van der Waals surface area contributed by atoms with Crippen LogP contribution in [0.15, 0.2) is 18.2 Å². The van der Waals surface area contributed by atoms with Crippen LogP contribution in [0.5, 0.6) is 5.75 Å². The summed E-state index contributed by atoms with van der Waals surface area (Å²) in [5.41, 5.74) is -0.249. The van der Waals surface area contributed by atoms with Crippen molar-refractivity contribution in [3.63, 3.8) is 0 Å². The maximum Gasteiger partial charge on any atom is 0.305 e. The lowest BCUT2D eigenvalue weighted by molar-refractivity contribution is -0.385. The van der Waals surface area contributed by atoms with Crippen LogP contribution in [0.4, 0.5) is 5.69 Å². The number of benzene rings is 1. The smallest absolute Gasteiger partial charge is 0.305 e. The van der Waals surface area contributed by atoms with Crippen LogP contribution in [-0.2, 0) is 9.53 Å². The third-order valence-electron chi connectivity index (χ3n) is 2.92. The van der Waals surface area contributed by atoms with Gasteiger partial charge in [0.2, 0.25) is 0 Å². The van der Waals surface area contributed by atoms with Crippen LogP contribution >= 0.6 is 0 Å². The number of ether oxygens (including phenoxy) is 2. The van der Waals surface area contributed by atoms with Crippen LogP contribution in [0.25, 0.3) is 0 Å². The van der Waals surface area contributed by atoms with E-state index in [1.807, 2.05) is 0 Å². The molecule has 0 saturated heterocycles. The molecule has 0 fully saturated rings. The second-order valence-corrected chi connectivity index (χ2v) is 4.56. The van der Waals surface area contributed by atoms with Crippen molar-refractivity contribution in [1.29, 1.82) is 0 Å². The van der Waals surface area contributed by atoms with E-state index in [1.54, 1.807) is 6.92 Å². The average molecular weight is 309 g/mol. The zero-order valence-corrected chi connectivity index (χ0v) is 12.4. The Morgan fingerprint density at radius 1 is 1.32 bits per heavy atom. The molecule has 0 spiro atoms. The third kappa shape index (κ3) is 5.90. The van der Waals surface area contributed by atoms with E-state index < -0.39 is 4.92 Å². The van der Waals surface area contributed by atoms with E-state index in [2.05, 4.69) is 0 Å². The molecule has 0 N–H and O–H groups in total. The van der Waals surface area contributed by atoms with Gasteiger partial charge in [-0.3, -0.25) is 19.7 Å². The van der Waals surface area contributed by atoms with Gasteiger partial charge in [0.15, 0.2) is 6.29 Å². The van der Waals surface area contributed by atoms with Crippen LogP contribution in [0, 0.1) is 10.1 Å². The fourth-order valence-electron chi connectivity index (χ4n) is 1.84. The highest BCUT2D eigenvalue weighted by Crippen LogP contribution is 2.23. The van der Waals surface area contributed by atoms with Gasteiger partial charge in [-0.05, 0) is 38.3 Å². The third-order valence-corrected chi connectivity index (χ3v) is 2.92. The number of nitro groups is 1. The van der Waals surface area contributed by atoms with Gasteiger partial charge in [-0.15, -0.1) is 0 Å². The monoisotopic (exact) mass is 309 g/mol. The van der Waals surface area contributed by atoms with Crippen molar-refractivity contribution in [3.8, 4) is 5.75 Å². The van der Waals surface area contributed by atoms with Gasteiger partial charge < -0.3 is 9.47 Å². The molecule has 0 atom stereocenters. The van der Waals surface area contributed by atoms with Crippen LogP contribution in [-0.4, -0.2) is 30.4 Å². The van der Waals surface area contributed by atoms with E-state index >= 15 is 0 Å². The zero-order valence-electron chi connectivity index (χ0n) is 12.4. The van der Waals surface area contributed by atoms with Crippen molar-refractivity contribution < 1.29 is 24.0 Å². The summed E-state index contributed by atoms with van der Waals surface area (Å²) in [6.45, 7) is 2.54. The minimum atomic E-state index is -0.615. The zero-order chi connectivity index (χ0) is 16.4. The molecular weight excluding hydrogens is 290 g/mol. The standard InChI is InChI=1S/C15H19NO6/c1-2-21-15(18)6-4-3-5-9-22-13-8-7-12(11-17)14(10-13)16(19)20/h7-8,10-11H,2-6,9H2,1H3. The van der Waals surface area contributed by atoms with Crippen molar-refractivity contribution in [2.75, 3.05) is 13.2 Å². The Bertz CT molecular complexity index is 529. The molecule has 0 unspecified atom stereocenters. The highest BCUT2D eigenvalue weighted by atomic mass is 16.6. The quantitative estimate of drug-likeness (QED) is 0.217. The van der Waals surface area contributed by atoms with E-state index in [1.165, 1.54) is 18.2 Å². The molecule has 1 rings (SSSR count).